The van der Waals surface area contributed by atoms with Gasteiger partial charge < -0.3 is 10.1 Å². The number of rotatable bonds is 4. The number of hydrogen-bond donors (Lipinski definition) is 1. The molecule has 0 unspecified atom stereocenters. The molecule has 0 heterocycles. The number of nitrogens with one attached hydrogen (secondary N) is 1. The van der Waals surface area contributed by atoms with Crippen LogP contribution in [0.15, 0.2) is 66.7 Å². The van der Waals surface area contributed by atoms with E-state index in [1.165, 1.54) is 0 Å². The minimum Gasteiger partial charge on any atom is -0.426 e. The van der Waals surface area contributed by atoms with Crippen LogP contribution in [-0.2, 0) is 4.79 Å². The van der Waals surface area contributed by atoms with Crippen LogP contribution in [0.3, 0.4) is 0 Å². The molecule has 0 aliphatic heterocycles. The molecule has 4 nitrogen and oxygen atoms in total. The second-order valence-corrected chi connectivity index (χ2v) is 6.20. The Bertz CT molecular complexity index is 938. The lowest BCUT2D eigenvalue weighted by Gasteiger charge is -2.09. The number of fused-ring (bicyclic) bond motifs is 1. The van der Waals surface area contributed by atoms with Crippen molar-refractivity contribution in [3.05, 3.63) is 72.3 Å². The van der Waals surface area contributed by atoms with Crippen LogP contribution in [0.5, 0.6) is 5.75 Å². The minimum atomic E-state index is -0.198. The van der Waals surface area contributed by atoms with E-state index in [-0.39, 0.29) is 17.8 Å². The molecule has 25 heavy (non-hydrogen) atoms. The van der Waals surface area contributed by atoms with E-state index < -0.39 is 0 Å². The van der Waals surface area contributed by atoms with Gasteiger partial charge >= 0.3 is 5.97 Å². The van der Waals surface area contributed by atoms with Gasteiger partial charge in [-0.2, -0.15) is 0 Å². The summed E-state index contributed by atoms with van der Waals surface area (Å²) < 4.78 is 5.28. The Morgan fingerprint density at radius 2 is 1.60 bits per heavy atom. The number of benzene rings is 3. The molecule has 1 amide bonds. The summed E-state index contributed by atoms with van der Waals surface area (Å²) in [5.41, 5.74) is 1.28. The number of anilines is 1. The van der Waals surface area contributed by atoms with Crippen molar-refractivity contribution in [3.8, 4) is 5.75 Å². The standard InChI is InChI=1S/C21H17NO3/c23-20(22-19-7-3-5-14-4-1-2-6-18(14)19)15-10-12-17(13-11-15)25-21(24)16-8-9-16/h1-7,10-13,16H,8-9H2,(H,22,23). The second kappa shape index (κ2) is 6.40. The van der Waals surface area contributed by atoms with Gasteiger partial charge in [0.15, 0.2) is 0 Å². The van der Waals surface area contributed by atoms with Crippen molar-refractivity contribution in [2.45, 2.75) is 12.8 Å². The van der Waals surface area contributed by atoms with E-state index in [1.54, 1.807) is 24.3 Å². The van der Waals surface area contributed by atoms with Crippen LogP contribution >= 0.6 is 0 Å². The third kappa shape index (κ3) is 3.38. The lowest BCUT2D eigenvalue weighted by Crippen LogP contribution is -2.13. The number of carbonyl (C=O) groups is 2. The van der Waals surface area contributed by atoms with E-state index >= 15 is 0 Å². The Morgan fingerprint density at radius 1 is 0.880 bits per heavy atom. The maximum Gasteiger partial charge on any atom is 0.314 e. The Labute approximate surface area is 145 Å². The summed E-state index contributed by atoms with van der Waals surface area (Å²) in [7, 11) is 0. The third-order valence-corrected chi connectivity index (χ3v) is 4.28. The highest BCUT2D eigenvalue weighted by Crippen LogP contribution is 2.31. The second-order valence-electron chi connectivity index (χ2n) is 6.20. The molecule has 1 aliphatic carbocycles. The Balaban J connectivity index is 1.49. The summed E-state index contributed by atoms with van der Waals surface area (Å²) in [5, 5.41) is 5.01. The van der Waals surface area contributed by atoms with E-state index in [0.717, 1.165) is 29.3 Å². The van der Waals surface area contributed by atoms with E-state index in [2.05, 4.69) is 5.32 Å². The average Bonchev–Trinajstić information content (AvgIpc) is 3.48. The van der Waals surface area contributed by atoms with Crippen LogP contribution < -0.4 is 10.1 Å². The summed E-state index contributed by atoms with van der Waals surface area (Å²) in [4.78, 5) is 24.1. The zero-order valence-electron chi connectivity index (χ0n) is 13.6. The predicted molar refractivity (Wildman–Crippen MR) is 96.7 cm³/mol. The van der Waals surface area contributed by atoms with Gasteiger partial charge in [0, 0.05) is 16.6 Å². The largest absolute Gasteiger partial charge is 0.426 e. The van der Waals surface area contributed by atoms with Gasteiger partial charge in [-0.25, -0.2) is 0 Å². The van der Waals surface area contributed by atoms with Crippen LogP contribution in [0.25, 0.3) is 10.8 Å². The van der Waals surface area contributed by atoms with Gasteiger partial charge in [0.1, 0.15) is 5.75 Å². The molecule has 0 bridgehead atoms. The molecule has 4 heteroatoms. The van der Waals surface area contributed by atoms with Gasteiger partial charge in [-0.1, -0.05) is 36.4 Å². The van der Waals surface area contributed by atoms with Crippen LogP contribution in [0.1, 0.15) is 23.2 Å². The maximum atomic E-state index is 12.5. The smallest absolute Gasteiger partial charge is 0.314 e. The normalized spacial score (nSPS) is 13.4. The number of hydrogen-bond acceptors (Lipinski definition) is 3. The lowest BCUT2D eigenvalue weighted by molar-refractivity contribution is -0.135. The number of ether oxygens (including phenoxy) is 1. The topological polar surface area (TPSA) is 55.4 Å². The summed E-state index contributed by atoms with van der Waals surface area (Å²) in [6.45, 7) is 0. The molecular formula is C21H17NO3. The number of esters is 1. The Kier molecular flexibility index (Phi) is 3.94. The van der Waals surface area contributed by atoms with Crippen LogP contribution in [0.2, 0.25) is 0 Å². The first-order chi connectivity index (χ1) is 12.2. The SMILES string of the molecule is O=C(Nc1cccc2ccccc12)c1ccc(OC(=O)C2CC2)cc1. The summed E-state index contributed by atoms with van der Waals surface area (Å²) >= 11 is 0. The number of amides is 1. The van der Waals surface area contributed by atoms with Crippen molar-refractivity contribution in [1.29, 1.82) is 0 Å². The zero-order chi connectivity index (χ0) is 17.2. The van der Waals surface area contributed by atoms with E-state index in [0.29, 0.717) is 11.3 Å². The van der Waals surface area contributed by atoms with Crippen LogP contribution in [0, 0.1) is 5.92 Å². The van der Waals surface area contributed by atoms with Crippen molar-refractivity contribution in [3.63, 3.8) is 0 Å². The molecule has 4 rings (SSSR count). The van der Waals surface area contributed by atoms with Crippen molar-refractivity contribution in [2.24, 2.45) is 5.92 Å². The summed E-state index contributed by atoms with van der Waals surface area (Å²) in [6, 6.07) is 20.3. The minimum absolute atomic E-state index is 0.0503. The molecule has 0 atom stereocenters. The van der Waals surface area contributed by atoms with E-state index in [1.807, 2.05) is 42.5 Å². The molecule has 0 spiro atoms. The first-order valence-corrected chi connectivity index (χ1v) is 8.31. The van der Waals surface area contributed by atoms with Crippen molar-refractivity contribution >= 4 is 28.3 Å². The maximum absolute atomic E-state index is 12.5. The van der Waals surface area contributed by atoms with Crippen molar-refractivity contribution < 1.29 is 14.3 Å². The Morgan fingerprint density at radius 3 is 2.36 bits per heavy atom. The monoisotopic (exact) mass is 331 g/mol. The Hall–Kier alpha value is -3.14. The quantitative estimate of drug-likeness (QED) is 0.569. The van der Waals surface area contributed by atoms with Gasteiger partial charge in [0.25, 0.3) is 5.91 Å². The molecule has 124 valence electrons. The highest BCUT2D eigenvalue weighted by molar-refractivity contribution is 6.09. The molecule has 1 saturated carbocycles. The third-order valence-electron chi connectivity index (χ3n) is 4.28. The first kappa shape index (κ1) is 15.4. The van der Waals surface area contributed by atoms with Crippen molar-refractivity contribution in [1.82, 2.24) is 0 Å². The molecule has 1 fully saturated rings. The van der Waals surface area contributed by atoms with Crippen LogP contribution in [-0.4, -0.2) is 11.9 Å². The fourth-order valence-electron chi connectivity index (χ4n) is 2.72. The molecular weight excluding hydrogens is 314 g/mol. The van der Waals surface area contributed by atoms with Gasteiger partial charge in [0.2, 0.25) is 0 Å². The summed E-state index contributed by atoms with van der Waals surface area (Å²) in [6.07, 6.45) is 1.81. The molecule has 0 aromatic heterocycles. The first-order valence-electron chi connectivity index (χ1n) is 8.31. The molecule has 3 aromatic rings. The highest BCUT2D eigenvalue weighted by atomic mass is 16.5. The van der Waals surface area contributed by atoms with E-state index in [9.17, 15) is 9.59 Å². The zero-order valence-corrected chi connectivity index (χ0v) is 13.6. The molecule has 0 saturated heterocycles. The molecule has 1 N–H and O–H groups in total. The van der Waals surface area contributed by atoms with Crippen LogP contribution in [0.4, 0.5) is 5.69 Å². The van der Waals surface area contributed by atoms with Gasteiger partial charge in [0.05, 0.1) is 5.92 Å². The van der Waals surface area contributed by atoms with Gasteiger partial charge in [-0.3, -0.25) is 9.59 Å². The lowest BCUT2D eigenvalue weighted by atomic mass is 10.1. The van der Waals surface area contributed by atoms with Crippen molar-refractivity contribution in [2.75, 3.05) is 5.32 Å². The number of carbonyl (C=O) groups excluding carboxylic acids is 2. The van der Waals surface area contributed by atoms with Gasteiger partial charge in [-0.05, 0) is 48.6 Å². The molecule has 0 radical (unpaired) electrons. The average molecular weight is 331 g/mol. The fraction of sp³-hybridized carbons (Fsp3) is 0.143. The predicted octanol–water partition coefficient (Wildman–Crippen LogP) is 4.41. The highest BCUT2D eigenvalue weighted by Gasteiger charge is 2.31. The van der Waals surface area contributed by atoms with Gasteiger partial charge in [-0.15, -0.1) is 0 Å². The molecule has 1 aliphatic rings. The summed E-state index contributed by atoms with van der Waals surface area (Å²) in [5.74, 6) is 0.136. The fourth-order valence-corrected chi connectivity index (χ4v) is 2.72. The molecule has 3 aromatic carbocycles. The van der Waals surface area contributed by atoms with E-state index in [4.69, 9.17) is 4.74 Å².